The Balaban J connectivity index is 1.33. The molecule has 2 aromatic rings. The highest BCUT2D eigenvalue weighted by Crippen LogP contribution is 2.62. The predicted octanol–water partition coefficient (Wildman–Crippen LogP) is 7.01. The van der Waals surface area contributed by atoms with Crippen LogP contribution in [-0.4, -0.2) is 12.3 Å². The van der Waals surface area contributed by atoms with Crippen LogP contribution < -0.4 is 4.74 Å². The van der Waals surface area contributed by atoms with E-state index < -0.39 is 0 Å². The fourth-order valence-electron chi connectivity index (χ4n) is 7.18. The third-order valence-corrected chi connectivity index (χ3v) is 8.69. The van der Waals surface area contributed by atoms with E-state index in [1.54, 1.807) is 0 Å². The maximum atomic E-state index is 13.1. The first kappa shape index (κ1) is 22.0. The van der Waals surface area contributed by atoms with E-state index in [-0.39, 0.29) is 5.41 Å². The third-order valence-electron chi connectivity index (χ3n) is 8.69. The summed E-state index contributed by atoms with van der Waals surface area (Å²) in [6.07, 6.45) is 6.89. The molecule has 2 saturated carbocycles. The van der Waals surface area contributed by atoms with E-state index in [2.05, 4.69) is 47.3 Å². The molecule has 0 heterocycles. The van der Waals surface area contributed by atoms with Crippen LogP contribution in [0.4, 0.5) is 0 Å². The smallest absolute Gasteiger partial charge is 0.139 e. The fourth-order valence-corrected chi connectivity index (χ4v) is 7.18. The summed E-state index contributed by atoms with van der Waals surface area (Å²) in [5.41, 5.74) is 12.5. The van der Waals surface area contributed by atoms with Crippen molar-refractivity contribution in [1.82, 2.24) is 0 Å². The molecular formula is C28H33N3O2. The number of benzene rings is 2. The number of rotatable bonds is 7. The lowest BCUT2D eigenvalue weighted by molar-refractivity contribution is -0.129. The van der Waals surface area contributed by atoms with E-state index >= 15 is 0 Å². The molecule has 0 amide bonds. The molecule has 0 aliphatic heterocycles. The Morgan fingerprint density at radius 1 is 1.18 bits per heavy atom. The molecule has 2 aromatic carbocycles. The number of ether oxygens (including phenoxy) is 1. The molecule has 172 valence electrons. The second-order valence-electron chi connectivity index (χ2n) is 10.4. The number of nitrogens with zero attached hydrogens (tertiary/aromatic N) is 3. The van der Waals surface area contributed by atoms with Crippen molar-refractivity contribution in [2.24, 2.45) is 28.3 Å². The summed E-state index contributed by atoms with van der Waals surface area (Å²) >= 11 is 0. The van der Waals surface area contributed by atoms with Crippen molar-refractivity contribution in [3.63, 3.8) is 0 Å². The van der Waals surface area contributed by atoms with Gasteiger partial charge in [-0.15, -0.1) is 0 Å². The van der Waals surface area contributed by atoms with Crippen molar-refractivity contribution >= 4 is 5.78 Å². The Hall–Kier alpha value is -2.78. The van der Waals surface area contributed by atoms with E-state index in [1.165, 1.54) is 16.7 Å². The molecular weight excluding hydrogens is 410 g/mol. The SMILES string of the molecule is CC12CCC3c4ccc(OCc5ccccc5)cc4CCC3C1C(CCCN=[N+]=[N-])CC2=O. The summed E-state index contributed by atoms with van der Waals surface area (Å²) in [5, 5.41) is 3.71. The molecule has 0 radical (unpaired) electrons. The number of carbonyl (C=O) groups is 1. The maximum absolute atomic E-state index is 13.1. The highest BCUT2D eigenvalue weighted by atomic mass is 16.5. The number of ketones is 1. The van der Waals surface area contributed by atoms with Gasteiger partial charge in [0.1, 0.15) is 18.1 Å². The van der Waals surface area contributed by atoms with Crippen LogP contribution in [0.1, 0.15) is 68.1 Å². The zero-order chi connectivity index (χ0) is 22.8. The number of hydrogen-bond acceptors (Lipinski definition) is 3. The Kier molecular flexibility index (Phi) is 6.16. The Morgan fingerprint density at radius 3 is 2.85 bits per heavy atom. The maximum Gasteiger partial charge on any atom is 0.139 e. The number of azide groups is 1. The van der Waals surface area contributed by atoms with Crippen molar-refractivity contribution < 1.29 is 9.53 Å². The molecule has 5 unspecified atom stereocenters. The molecule has 0 saturated heterocycles. The van der Waals surface area contributed by atoms with Gasteiger partial charge in [0, 0.05) is 23.3 Å². The van der Waals surface area contributed by atoms with Gasteiger partial charge < -0.3 is 4.74 Å². The van der Waals surface area contributed by atoms with E-state index in [1.807, 2.05) is 18.2 Å². The molecule has 0 aromatic heterocycles. The molecule has 5 atom stereocenters. The van der Waals surface area contributed by atoms with Crippen molar-refractivity contribution in [3.05, 3.63) is 75.7 Å². The van der Waals surface area contributed by atoms with Crippen molar-refractivity contribution in [1.29, 1.82) is 0 Å². The van der Waals surface area contributed by atoms with Crippen LogP contribution in [0.2, 0.25) is 0 Å². The van der Waals surface area contributed by atoms with Crippen molar-refractivity contribution in [2.45, 2.75) is 64.4 Å². The minimum atomic E-state index is -0.166. The van der Waals surface area contributed by atoms with Gasteiger partial charge in [-0.05, 0) is 96.6 Å². The van der Waals surface area contributed by atoms with Crippen LogP contribution in [0.3, 0.4) is 0 Å². The molecule has 0 bridgehead atoms. The summed E-state index contributed by atoms with van der Waals surface area (Å²) in [7, 11) is 0. The average Bonchev–Trinajstić information content (AvgIpc) is 3.10. The molecule has 3 aliphatic rings. The number of hydrogen-bond donors (Lipinski definition) is 0. The van der Waals surface area contributed by atoms with Crippen LogP contribution in [-0.2, 0) is 17.8 Å². The molecule has 3 aliphatic carbocycles. The molecule has 5 rings (SSSR count). The second-order valence-corrected chi connectivity index (χ2v) is 10.4. The first-order valence-electron chi connectivity index (χ1n) is 12.4. The molecule has 0 spiro atoms. The first-order chi connectivity index (χ1) is 16.1. The van der Waals surface area contributed by atoms with Crippen molar-refractivity contribution in [3.8, 4) is 5.75 Å². The number of carbonyl (C=O) groups excluding carboxylic acids is 1. The summed E-state index contributed by atoms with van der Waals surface area (Å²) < 4.78 is 6.10. The summed E-state index contributed by atoms with van der Waals surface area (Å²) in [6, 6.07) is 17.0. The molecule has 0 N–H and O–H groups in total. The predicted molar refractivity (Wildman–Crippen MR) is 129 cm³/mol. The first-order valence-corrected chi connectivity index (χ1v) is 12.4. The van der Waals surface area contributed by atoms with Gasteiger partial charge in [-0.25, -0.2) is 0 Å². The van der Waals surface area contributed by atoms with Crippen LogP contribution in [0, 0.1) is 23.2 Å². The lowest BCUT2D eigenvalue weighted by Crippen LogP contribution is -2.44. The summed E-state index contributed by atoms with van der Waals surface area (Å²) in [5.74, 6) is 3.42. The monoisotopic (exact) mass is 443 g/mol. The minimum Gasteiger partial charge on any atom is -0.489 e. The highest BCUT2D eigenvalue weighted by molar-refractivity contribution is 5.87. The third kappa shape index (κ3) is 4.15. The lowest BCUT2D eigenvalue weighted by atomic mass is 9.54. The van der Waals surface area contributed by atoms with Crippen LogP contribution in [0.5, 0.6) is 5.75 Å². The standard InChI is InChI=1S/C28H33N3O2/c1-28-14-13-24-23-12-10-22(33-18-19-6-3-2-4-7-19)16-20(23)9-11-25(24)27(28)21(17-26(28)32)8-5-15-30-31-29/h2-4,6-7,10,12,16,21,24-25,27H,5,8-9,11,13-15,17-18H2,1H3. The highest BCUT2D eigenvalue weighted by Gasteiger charge is 2.58. The van der Waals surface area contributed by atoms with Gasteiger partial charge in [0.05, 0.1) is 0 Å². The number of fused-ring (bicyclic) bond motifs is 5. The number of Topliss-reactive ketones (excluding diaryl/α,β-unsaturated/α-hetero) is 1. The average molecular weight is 444 g/mol. The van der Waals surface area contributed by atoms with Gasteiger partial charge in [0.15, 0.2) is 0 Å². The van der Waals surface area contributed by atoms with Gasteiger partial charge in [-0.1, -0.05) is 48.4 Å². The Bertz CT molecular complexity index is 1060. The van der Waals surface area contributed by atoms with Gasteiger partial charge >= 0.3 is 0 Å². The second kappa shape index (κ2) is 9.23. The summed E-state index contributed by atoms with van der Waals surface area (Å²) in [4.78, 5) is 16.0. The topological polar surface area (TPSA) is 75.1 Å². The lowest BCUT2D eigenvalue weighted by Gasteiger charge is -2.50. The van der Waals surface area contributed by atoms with E-state index in [4.69, 9.17) is 10.3 Å². The molecule has 2 fully saturated rings. The van der Waals surface area contributed by atoms with Crippen LogP contribution in [0.15, 0.2) is 53.6 Å². The number of aryl methyl sites for hydroxylation is 1. The van der Waals surface area contributed by atoms with Crippen molar-refractivity contribution in [2.75, 3.05) is 6.54 Å². The van der Waals surface area contributed by atoms with E-state index in [0.717, 1.165) is 44.3 Å². The van der Waals surface area contributed by atoms with E-state index in [0.29, 0.717) is 49.0 Å². The zero-order valence-electron chi connectivity index (χ0n) is 19.5. The minimum absolute atomic E-state index is 0.166. The largest absolute Gasteiger partial charge is 0.489 e. The molecule has 33 heavy (non-hydrogen) atoms. The van der Waals surface area contributed by atoms with Gasteiger partial charge in [0.25, 0.3) is 0 Å². The van der Waals surface area contributed by atoms with Gasteiger partial charge in [0.2, 0.25) is 0 Å². The Labute approximate surface area is 196 Å². The molecule has 5 heteroatoms. The normalized spacial score (nSPS) is 30.0. The summed E-state index contributed by atoms with van der Waals surface area (Å²) in [6.45, 7) is 3.36. The van der Waals surface area contributed by atoms with Gasteiger partial charge in [-0.2, -0.15) is 0 Å². The Morgan fingerprint density at radius 2 is 2.03 bits per heavy atom. The molecule has 5 nitrogen and oxygen atoms in total. The van der Waals surface area contributed by atoms with Crippen LogP contribution >= 0.6 is 0 Å². The zero-order valence-corrected chi connectivity index (χ0v) is 19.5. The quantitative estimate of drug-likeness (QED) is 0.200. The van der Waals surface area contributed by atoms with Crippen LogP contribution in [0.25, 0.3) is 10.4 Å². The van der Waals surface area contributed by atoms with Gasteiger partial charge in [-0.3, -0.25) is 4.79 Å². The fraction of sp³-hybridized carbons (Fsp3) is 0.536. The van der Waals surface area contributed by atoms with E-state index in [9.17, 15) is 4.79 Å².